The Morgan fingerprint density at radius 1 is 1.64 bits per heavy atom. The minimum Gasteiger partial charge on any atom is -0.459 e. The molecule has 0 bridgehead atoms. The Labute approximate surface area is 84.7 Å². The molecule has 0 aliphatic rings. The zero-order valence-electron chi connectivity index (χ0n) is 8.99. The van der Waals surface area contributed by atoms with Gasteiger partial charge in [0.15, 0.2) is 5.76 Å². The van der Waals surface area contributed by atoms with E-state index in [1.165, 1.54) is 6.26 Å². The second-order valence-electron chi connectivity index (χ2n) is 3.68. The van der Waals surface area contributed by atoms with Gasteiger partial charge in [-0.15, -0.1) is 0 Å². The molecule has 0 radical (unpaired) electrons. The molecule has 0 saturated heterocycles. The van der Waals surface area contributed by atoms with Crippen LogP contribution in [0.3, 0.4) is 0 Å². The topological polar surface area (TPSA) is 33.5 Å². The smallest absolute Gasteiger partial charge is 0.289 e. The number of rotatable bonds is 4. The van der Waals surface area contributed by atoms with Crippen molar-refractivity contribution in [3.63, 3.8) is 0 Å². The van der Waals surface area contributed by atoms with Crippen LogP contribution < -0.4 is 0 Å². The van der Waals surface area contributed by atoms with E-state index < -0.39 is 0 Å². The molecule has 0 aliphatic heterocycles. The molecule has 0 saturated carbocycles. The van der Waals surface area contributed by atoms with Gasteiger partial charge >= 0.3 is 0 Å². The van der Waals surface area contributed by atoms with Gasteiger partial charge in [-0.1, -0.05) is 20.3 Å². The molecule has 3 heteroatoms. The summed E-state index contributed by atoms with van der Waals surface area (Å²) in [5.41, 5.74) is 0. The van der Waals surface area contributed by atoms with E-state index in [4.69, 9.17) is 4.42 Å². The zero-order valence-corrected chi connectivity index (χ0v) is 8.99. The maximum absolute atomic E-state index is 11.7. The average molecular weight is 195 g/mol. The Morgan fingerprint density at radius 2 is 2.36 bits per heavy atom. The molecule has 1 heterocycles. The Bertz CT molecular complexity index is 279. The Morgan fingerprint density at radius 3 is 2.86 bits per heavy atom. The van der Waals surface area contributed by atoms with E-state index >= 15 is 0 Å². The van der Waals surface area contributed by atoms with Crippen molar-refractivity contribution in [3.8, 4) is 0 Å². The Balaban J connectivity index is 2.53. The summed E-state index contributed by atoms with van der Waals surface area (Å²) in [7, 11) is 1.80. The SMILES string of the molecule is CCC(C)CN(C)C(=O)c1ccco1. The van der Waals surface area contributed by atoms with Crippen LogP contribution in [0.15, 0.2) is 22.8 Å². The van der Waals surface area contributed by atoms with Gasteiger partial charge in [0.25, 0.3) is 5.91 Å². The van der Waals surface area contributed by atoms with E-state index in [1.807, 2.05) is 0 Å². The molecule has 14 heavy (non-hydrogen) atoms. The van der Waals surface area contributed by atoms with Crippen LogP contribution >= 0.6 is 0 Å². The molecule has 0 N–H and O–H groups in total. The maximum atomic E-state index is 11.7. The van der Waals surface area contributed by atoms with Crippen LogP contribution in [0.1, 0.15) is 30.8 Å². The number of carbonyl (C=O) groups is 1. The highest BCUT2D eigenvalue weighted by molar-refractivity contribution is 5.91. The van der Waals surface area contributed by atoms with Gasteiger partial charge in [0.2, 0.25) is 0 Å². The van der Waals surface area contributed by atoms with Gasteiger partial charge in [-0.3, -0.25) is 4.79 Å². The van der Waals surface area contributed by atoms with Crippen LogP contribution in [0.5, 0.6) is 0 Å². The first-order chi connectivity index (χ1) is 6.65. The van der Waals surface area contributed by atoms with E-state index in [0.29, 0.717) is 11.7 Å². The quantitative estimate of drug-likeness (QED) is 0.739. The first kappa shape index (κ1) is 10.8. The normalized spacial score (nSPS) is 12.5. The fraction of sp³-hybridized carbons (Fsp3) is 0.545. The predicted molar refractivity (Wildman–Crippen MR) is 55.1 cm³/mol. The molecule has 0 spiro atoms. The van der Waals surface area contributed by atoms with E-state index in [0.717, 1.165) is 13.0 Å². The number of amides is 1. The van der Waals surface area contributed by atoms with Crippen LogP contribution in [0.2, 0.25) is 0 Å². The number of nitrogens with zero attached hydrogens (tertiary/aromatic N) is 1. The number of hydrogen-bond donors (Lipinski definition) is 0. The first-order valence-electron chi connectivity index (χ1n) is 4.94. The Hall–Kier alpha value is -1.25. The molecule has 0 aliphatic carbocycles. The molecule has 1 aromatic heterocycles. The molecule has 1 rings (SSSR count). The van der Waals surface area contributed by atoms with Crippen molar-refractivity contribution < 1.29 is 9.21 Å². The second-order valence-corrected chi connectivity index (χ2v) is 3.68. The number of carbonyl (C=O) groups excluding carboxylic acids is 1. The molecule has 1 unspecified atom stereocenters. The van der Waals surface area contributed by atoms with Gasteiger partial charge in [-0.2, -0.15) is 0 Å². The van der Waals surface area contributed by atoms with Crippen molar-refractivity contribution in [2.24, 2.45) is 5.92 Å². The highest BCUT2D eigenvalue weighted by atomic mass is 16.3. The van der Waals surface area contributed by atoms with Crippen LogP contribution in [0.25, 0.3) is 0 Å². The summed E-state index contributed by atoms with van der Waals surface area (Å²) in [6, 6.07) is 3.42. The highest BCUT2D eigenvalue weighted by Crippen LogP contribution is 2.08. The molecular formula is C11H17NO2. The average Bonchev–Trinajstić information content (AvgIpc) is 2.69. The summed E-state index contributed by atoms with van der Waals surface area (Å²) in [6.07, 6.45) is 2.60. The molecule has 1 amide bonds. The minimum atomic E-state index is -0.0460. The van der Waals surface area contributed by atoms with Crippen molar-refractivity contribution in [3.05, 3.63) is 24.2 Å². The van der Waals surface area contributed by atoms with Crippen molar-refractivity contribution in [2.45, 2.75) is 20.3 Å². The fourth-order valence-corrected chi connectivity index (χ4v) is 1.27. The second kappa shape index (κ2) is 4.84. The van der Waals surface area contributed by atoms with Gasteiger partial charge in [0, 0.05) is 13.6 Å². The summed E-state index contributed by atoms with van der Waals surface area (Å²) in [6.45, 7) is 5.03. The fourth-order valence-electron chi connectivity index (χ4n) is 1.27. The third-order valence-corrected chi connectivity index (χ3v) is 2.36. The minimum absolute atomic E-state index is 0.0460. The third-order valence-electron chi connectivity index (χ3n) is 2.36. The van der Waals surface area contributed by atoms with Crippen LogP contribution in [-0.4, -0.2) is 24.4 Å². The van der Waals surface area contributed by atoms with Crippen LogP contribution in [0.4, 0.5) is 0 Å². The molecule has 0 aromatic carbocycles. The van der Waals surface area contributed by atoms with Crippen LogP contribution in [0, 0.1) is 5.92 Å². The summed E-state index contributed by atoms with van der Waals surface area (Å²) in [5.74, 6) is 0.894. The van der Waals surface area contributed by atoms with Gasteiger partial charge in [-0.05, 0) is 18.1 Å². The number of hydrogen-bond acceptors (Lipinski definition) is 2. The first-order valence-corrected chi connectivity index (χ1v) is 4.94. The van der Waals surface area contributed by atoms with Crippen molar-refractivity contribution in [1.29, 1.82) is 0 Å². The van der Waals surface area contributed by atoms with E-state index in [1.54, 1.807) is 24.1 Å². The standard InChI is InChI=1S/C11H17NO2/c1-4-9(2)8-12(3)11(13)10-6-5-7-14-10/h5-7,9H,4,8H2,1-3H3. The Kier molecular flexibility index (Phi) is 3.74. The summed E-state index contributed by atoms with van der Waals surface area (Å²) < 4.78 is 5.04. The van der Waals surface area contributed by atoms with Gasteiger partial charge in [-0.25, -0.2) is 0 Å². The molecule has 78 valence electrons. The zero-order chi connectivity index (χ0) is 10.6. The lowest BCUT2D eigenvalue weighted by molar-refractivity contribution is 0.0743. The monoisotopic (exact) mass is 195 g/mol. The molecule has 3 nitrogen and oxygen atoms in total. The lowest BCUT2D eigenvalue weighted by Gasteiger charge is -2.19. The summed E-state index contributed by atoms with van der Waals surface area (Å²) >= 11 is 0. The third kappa shape index (κ3) is 2.62. The van der Waals surface area contributed by atoms with E-state index in [2.05, 4.69) is 13.8 Å². The van der Waals surface area contributed by atoms with Crippen molar-refractivity contribution >= 4 is 5.91 Å². The molecule has 0 fully saturated rings. The largest absolute Gasteiger partial charge is 0.459 e. The number of furan rings is 1. The summed E-state index contributed by atoms with van der Waals surface area (Å²) in [5, 5.41) is 0. The van der Waals surface area contributed by atoms with Gasteiger partial charge in [0.05, 0.1) is 6.26 Å². The van der Waals surface area contributed by atoms with Gasteiger partial charge in [0.1, 0.15) is 0 Å². The molecular weight excluding hydrogens is 178 g/mol. The highest BCUT2D eigenvalue weighted by Gasteiger charge is 2.15. The summed E-state index contributed by atoms with van der Waals surface area (Å²) in [4.78, 5) is 13.4. The lowest BCUT2D eigenvalue weighted by Crippen LogP contribution is -2.30. The lowest BCUT2D eigenvalue weighted by atomic mass is 10.1. The predicted octanol–water partition coefficient (Wildman–Crippen LogP) is 2.40. The van der Waals surface area contributed by atoms with E-state index in [-0.39, 0.29) is 5.91 Å². The van der Waals surface area contributed by atoms with Gasteiger partial charge < -0.3 is 9.32 Å². The van der Waals surface area contributed by atoms with Crippen molar-refractivity contribution in [1.82, 2.24) is 4.90 Å². The molecule has 1 aromatic rings. The van der Waals surface area contributed by atoms with Crippen LogP contribution in [-0.2, 0) is 0 Å². The van der Waals surface area contributed by atoms with Crippen molar-refractivity contribution in [2.75, 3.05) is 13.6 Å². The maximum Gasteiger partial charge on any atom is 0.289 e. The van der Waals surface area contributed by atoms with E-state index in [9.17, 15) is 4.79 Å². The molecule has 1 atom stereocenters.